The number of allylic oxidation sites excluding steroid dienone is 4. The summed E-state index contributed by atoms with van der Waals surface area (Å²) in [7, 11) is 0. The minimum Gasteiger partial charge on any atom is -0.311 e. The van der Waals surface area contributed by atoms with Gasteiger partial charge in [0.1, 0.15) is 0 Å². The highest BCUT2D eigenvalue weighted by atomic mass is 15.1. The summed E-state index contributed by atoms with van der Waals surface area (Å²) >= 11 is 0. The van der Waals surface area contributed by atoms with Crippen molar-refractivity contribution in [1.82, 2.24) is 0 Å². The van der Waals surface area contributed by atoms with Crippen LogP contribution >= 0.6 is 0 Å². The summed E-state index contributed by atoms with van der Waals surface area (Å²) in [6.07, 6.45) is 8.01. The lowest BCUT2D eigenvalue weighted by Crippen LogP contribution is -2.09. The number of hydrogen-bond donors (Lipinski definition) is 0. The van der Waals surface area contributed by atoms with Crippen molar-refractivity contribution in [2.75, 3.05) is 9.80 Å². The molecule has 0 spiro atoms. The topological polar surface area (TPSA) is 6.48 Å². The first-order valence-corrected chi connectivity index (χ1v) is 21.4. The number of rotatable bonds is 11. The zero-order valence-electron chi connectivity index (χ0n) is 34.5. The van der Waals surface area contributed by atoms with Crippen molar-refractivity contribution in [1.29, 1.82) is 0 Å². The Morgan fingerprint density at radius 3 is 1.06 bits per heavy atom. The monoisotopic (exact) mass is 794 g/mol. The molecule has 62 heavy (non-hydrogen) atoms. The number of nitrogens with zero attached hydrogens (tertiary/aromatic N) is 2. The Morgan fingerprint density at radius 1 is 0.290 bits per heavy atom. The summed E-state index contributed by atoms with van der Waals surface area (Å²) in [6, 6.07) is 87.1. The van der Waals surface area contributed by atoms with E-state index >= 15 is 0 Å². The fourth-order valence-electron chi connectivity index (χ4n) is 8.58. The standard InChI is InChI=1S/C60H46N2/c1-5-15-45(16-6-1)47-27-35-57(36-28-47)61(55-23-9-3-10-24-55)59-39-31-49(32-40-59)51-19-13-21-53(43-51)54-22-14-20-52(44-54)50-33-41-60(42-34-50)62(56-25-11-4-12-26-56)58-37-29-48(30-38-58)46-17-7-2-8-18-46/h1-21,23-44,54H,22H2. The van der Waals surface area contributed by atoms with Crippen molar-refractivity contribution in [3.05, 3.63) is 272 Å². The van der Waals surface area contributed by atoms with Crippen LogP contribution in [0.1, 0.15) is 23.5 Å². The molecule has 2 heteroatoms. The molecule has 10 rings (SSSR count). The maximum atomic E-state index is 2.44. The first-order valence-electron chi connectivity index (χ1n) is 21.4. The average Bonchev–Trinajstić information content (AvgIpc) is 3.36. The summed E-state index contributed by atoms with van der Waals surface area (Å²) in [4.78, 5) is 4.65. The second-order valence-corrected chi connectivity index (χ2v) is 15.8. The Bertz CT molecular complexity index is 2920. The van der Waals surface area contributed by atoms with Crippen LogP contribution in [0, 0.1) is 0 Å². The Labute approximate surface area is 365 Å². The van der Waals surface area contributed by atoms with Gasteiger partial charge in [-0.15, -0.1) is 0 Å². The van der Waals surface area contributed by atoms with Gasteiger partial charge < -0.3 is 9.80 Å². The second-order valence-electron chi connectivity index (χ2n) is 15.8. The Kier molecular flexibility index (Phi) is 10.9. The summed E-state index contributed by atoms with van der Waals surface area (Å²) in [6.45, 7) is 0. The quantitative estimate of drug-likeness (QED) is 0.129. The second kappa shape index (κ2) is 17.7. The first-order chi connectivity index (χ1) is 30.7. The van der Waals surface area contributed by atoms with Crippen LogP contribution in [0.2, 0.25) is 0 Å². The highest BCUT2D eigenvalue weighted by Crippen LogP contribution is 2.40. The minimum atomic E-state index is 0.283. The largest absolute Gasteiger partial charge is 0.311 e. The van der Waals surface area contributed by atoms with Crippen molar-refractivity contribution in [3.8, 4) is 33.4 Å². The zero-order chi connectivity index (χ0) is 41.5. The van der Waals surface area contributed by atoms with Gasteiger partial charge in [-0.3, -0.25) is 0 Å². The van der Waals surface area contributed by atoms with E-state index in [-0.39, 0.29) is 5.92 Å². The van der Waals surface area contributed by atoms with Crippen LogP contribution in [-0.2, 0) is 0 Å². The molecular formula is C60H46N2. The molecular weight excluding hydrogens is 749 g/mol. The summed E-state index contributed by atoms with van der Waals surface area (Å²) in [5.41, 5.74) is 17.8. The molecule has 0 fully saturated rings. The van der Waals surface area contributed by atoms with Crippen LogP contribution < -0.4 is 9.80 Å². The predicted octanol–water partition coefficient (Wildman–Crippen LogP) is 16.8. The SMILES string of the molecule is C1=CC(c2ccc(N(c3ccccc3)c3ccc(-c4ccccc4)cc3)cc2)=CC(c2cccc(-c3ccc(N(c4ccccc4)c4ccc(-c5ccccc5)cc4)cc3)c2)C1. The van der Waals surface area contributed by atoms with Crippen LogP contribution in [-0.4, -0.2) is 0 Å². The van der Waals surface area contributed by atoms with Gasteiger partial charge >= 0.3 is 0 Å². The van der Waals surface area contributed by atoms with E-state index in [0.29, 0.717) is 0 Å². The Hall–Kier alpha value is -7.94. The third-order valence-electron chi connectivity index (χ3n) is 11.8. The molecule has 0 saturated carbocycles. The van der Waals surface area contributed by atoms with Gasteiger partial charge in [0.05, 0.1) is 0 Å². The highest BCUT2D eigenvalue weighted by molar-refractivity contribution is 5.83. The average molecular weight is 795 g/mol. The van der Waals surface area contributed by atoms with E-state index in [1.165, 1.54) is 50.1 Å². The summed E-state index contributed by atoms with van der Waals surface area (Å²) < 4.78 is 0. The van der Waals surface area contributed by atoms with Gasteiger partial charge in [-0.2, -0.15) is 0 Å². The Morgan fingerprint density at radius 2 is 0.629 bits per heavy atom. The fraction of sp³-hybridized carbons (Fsp3) is 0.0333. The molecule has 0 aromatic heterocycles. The third kappa shape index (κ3) is 8.28. The summed E-state index contributed by atoms with van der Waals surface area (Å²) in [5, 5.41) is 0. The van der Waals surface area contributed by atoms with Crippen molar-refractivity contribution >= 4 is 39.7 Å². The van der Waals surface area contributed by atoms with Crippen LogP contribution in [0.5, 0.6) is 0 Å². The molecule has 9 aromatic rings. The van der Waals surface area contributed by atoms with Crippen molar-refractivity contribution in [2.45, 2.75) is 12.3 Å². The molecule has 0 aliphatic heterocycles. The van der Waals surface area contributed by atoms with Gasteiger partial charge in [0.25, 0.3) is 0 Å². The molecule has 0 radical (unpaired) electrons. The molecule has 9 aromatic carbocycles. The van der Waals surface area contributed by atoms with E-state index in [0.717, 1.165) is 40.5 Å². The lowest BCUT2D eigenvalue weighted by molar-refractivity contribution is 0.857. The van der Waals surface area contributed by atoms with Gasteiger partial charge in [-0.25, -0.2) is 0 Å². The maximum absolute atomic E-state index is 2.44. The van der Waals surface area contributed by atoms with E-state index in [2.05, 4.69) is 271 Å². The van der Waals surface area contributed by atoms with E-state index < -0.39 is 0 Å². The van der Waals surface area contributed by atoms with Crippen LogP contribution in [0.3, 0.4) is 0 Å². The number of benzene rings is 9. The molecule has 0 N–H and O–H groups in total. The van der Waals surface area contributed by atoms with Crippen LogP contribution in [0.15, 0.2) is 261 Å². The van der Waals surface area contributed by atoms with Gasteiger partial charge in [-0.05, 0) is 129 Å². The van der Waals surface area contributed by atoms with Gasteiger partial charge in [-0.1, -0.05) is 188 Å². The predicted molar refractivity (Wildman–Crippen MR) is 263 cm³/mol. The lowest BCUT2D eigenvalue weighted by Gasteiger charge is -2.26. The van der Waals surface area contributed by atoms with Crippen molar-refractivity contribution in [2.24, 2.45) is 0 Å². The fourth-order valence-corrected chi connectivity index (χ4v) is 8.58. The third-order valence-corrected chi connectivity index (χ3v) is 11.8. The molecule has 1 aliphatic carbocycles. The van der Waals surface area contributed by atoms with Crippen LogP contribution in [0.4, 0.5) is 34.1 Å². The molecule has 1 aliphatic rings. The minimum absolute atomic E-state index is 0.283. The van der Waals surface area contributed by atoms with E-state index in [9.17, 15) is 0 Å². The number of anilines is 6. The lowest BCUT2D eigenvalue weighted by atomic mass is 9.86. The molecule has 0 saturated heterocycles. The first kappa shape index (κ1) is 38.3. The van der Waals surface area contributed by atoms with Crippen LogP contribution in [0.25, 0.3) is 39.0 Å². The smallest absolute Gasteiger partial charge is 0.0462 e. The van der Waals surface area contributed by atoms with E-state index in [4.69, 9.17) is 0 Å². The van der Waals surface area contributed by atoms with E-state index in [1.807, 2.05) is 0 Å². The molecule has 1 unspecified atom stereocenters. The van der Waals surface area contributed by atoms with Crippen molar-refractivity contribution < 1.29 is 0 Å². The van der Waals surface area contributed by atoms with Gasteiger partial charge in [0.2, 0.25) is 0 Å². The maximum Gasteiger partial charge on any atom is 0.0462 e. The zero-order valence-corrected chi connectivity index (χ0v) is 34.5. The number of para-hydroxylation sites is 2. The van der Waals surface area contributed by atoms with Gasteiger partial charge in [0.15, 0.2) is 0 Å². The summed E-state index contributed by atoms with van der Waals surface area (Å²) in [5.74, 6) is 0.283. The normalized spacial score (nSPS) is 13.3. The van der Waals surface area contributed by atoms with E-state index in [1.54, 1.807) is 0 Å². The number of hydrogen-bond acceptors (Lipinski definition) is 2. The van der Waals surface area contributed by atoms with Gasteiger partial charge in [0, 0.05) is 40.0 Å². The molecule has 296 valence electrons. The Balaban J connectivity index is 0.886. The molecule has 0 bridgehead atoms. The molecule has 1 atom stereocenters. The molecule has 0 amide bonds. The highest BCUT2D eigenvalue weighted by Gasteiger charge is 2.17. The molecule has 0 heterocycles. The molecule has 2 nitrogen and oxygen atoms in total. The van der Waals surface area contributed by atoms with Crippen molar-refractivity contribution in [3.63, 3.8) is 0 Å².